The zero-order chi connectivity index (χ0) is 36.3. The second-order valence-electron chi connectivity index (χ2n) is 14.1. The van der Waals surface area contributed by atoms with Crippen LogP contribution in [0.2, 0.25) is 0 Å². The predicted octanol–water partition coefficient (Wildman–Crippen LogP) is 13.7. The Morgan fingerprint density at radius 3 is 1.58 bits per heavy atom. The van der Waals surface area contributed by atoms with E-state index >= 15 is 0 Å². The molecule has 9 aromatic carbocycles. The number of hydrogen-bond acceptors (Lipinski definition) is 2. The third-order valence-electron chi connectivity index (χ3n) is 11.0. The van der Waals surface area contributed by atoms with Crippen LogP contribution in [0.15, 0.2) is 200 Å². The van der Waals surface area contributed by atoms with E-state index in [1.165, 1.54) is 65.3 Å². The van der Waals surface area contributed by atoms with Crippen LogP contribution in [0.4, 0.5) is 0 Å². The van der Waals surface area contributed by atoms with Crippen molar-refractivity contribution in [1.29, 1.82) is 0 Å². The first-order valence-electron chi connectivity index (χ1n) is 18.7. The summed E-state index contributed by atoms with van der Waals surface area (Å²) in [5.74, 6) is 0.702. The Morgan fingerprint density at radius 2 is 0.855 bits per heavy atom. The molecule has 0 atom stereocenters. The molecule has 2 aromatic heterocycles. The van der Waals surface area contributed by atoms with Gasteiger partial charge in [-0.3, -0.25) is 0 Å². The van der Waals surface area contributed by atoms with Gasteiger partial charge < -0.3 is 4.57 Å². The van der Waals surface area contributed by atoms with Gasteiger partial charge in [0, 0.05) is 43.9 Å². The molecule has 0 aliphatic heterocycles. The summed E-state index contributed by atoms with van der Waals surface area (Å²) < 4.78 is 2.45. The SMILES string of the molecule is c1ccc(-c2ccc(-c3nc(-c4ccccc4)cc(-c4ccc(-n5c6ccccc6c6c7c8ccccc8ccc7c7ccccc7c65)cc4)n3)cc2)cc1. The second-order valence-corrected chi connectivity index (χ2v) is 14.1. The minimum Gasteiger partial charge on any atom is -0.309 e. The van der Waals surface area contributed by atoms with Gasteiger partial charge in [0.1, 0.15) is 0 Å². The minimum absolute atomic E-state index is 0.702. The standard InChI is InChI=1S/C52H33N3/c1-3-13-34(14-4-1)35-23-25-39(26-24-35)52-53-46(37-16-5-2-6-17-37)33-47(54-52)38-27-30-40(31-28-38)55-48-22-12-11-21-45(48)50-49-41-18-8-7-15-36(41)29-32-43(49)42-19-9-10-20-44(42)51(50)55/h1-33H. The number of rotatable bonds is 5. The predicted molar refractivity (Wildman–Crippen MR) is 231 cm³/mol. The maximum Gasteiger partial charge on any atom is 0.160 e. The van der Waals surface area contributed by atoms with Crippen LogP contribution < -0.4 is 0 Å². The number of hydrogen-bond donors (Lipinski definition) is 0. The number of para-hydroxylation sites is 1. The molecule has 0 unspecified atom stereocenters. The summed E-state index contributed by atoms with van der Waals surface area (Å²) >= 11 is 0. The van der Waals surface area contributed by atoms with E-state index in [1.54, 1.807) is 0 Å². The van der Waals surface area contributed by atoms with E-state index in [-0.39, 0.29) is 0 Å². The van der Waals surface area contributed by atoms with E-state index in [4.69, 9.17) is 9.97 Å². The molecule has 0 fully saturated rings. The van der Waals surface area contributed by atoms with Gasteiger partial charge in [-0.1, -0.05) is 176 Å². The zero-order valence-electron chi connectivity index (χ0n) is 29.9. The Balaban J connectivity index is 1.10. The lowest BCUT2D eigenvalue weighted by Crippen LogP contribution is -1.97. The monoisotopic (exact) mass is 699 g/mol. The van der Waals surface area contributed by atoms with Gasteiger partial charge in [-0.2, -0.15) is 0 Å². The van der Waals surface area contributed by atoms with Crippen LogP contribution in [0.5, 0.6) is 0 Å². The first kappa shape index (κ1) is 31.2. The maximum atomic E-state index is 5.18. The van der Waals surface area contributed by atoms with Gasteiger partial charge in [0.2, 0.25) is 0 Å². The summed E-state index contributed by atoms with van der Waals surface area (Å²) in [6, 6.07) is 71.4. The van der Waals surface area contributed by atoms with Crippen molar-refractivity contribution in [1.82, 2.24) is 14.5 Å². The van der Waals surface area contributed by atoms with Crippen LogP contribution in [0.1, 0.15) is 0 Å². The van der Waals surface area contributed by atoms with Crippen LogP contribution in [-0.2, 0) is 0 Å². The van der Waals surface area contributed by atoms with Crippen LogP contribution in [0.3, 0.4) is 0 Å². The van der Waals surface area contributed by atoms with Gasteiger partial charge in [-0.15, -0.1) is 0 Å². The first-order valence-corrected chi connectivity index (χ1v) is 18.7. The summed E-state index contributed by atoms with van der Waals surface area (Å²) in [7, 11) is 0. The smallest absolute Gasteiger partial charge is 0.160 e. The van der Waals surface area contributed by atoms with Crippen molar-refractivity contribution in [2.24, 2.45) is 0 Å². The molecule has 0 bridgehead atoms. The molecule has 3 heteroatoms. The van der Waals surface area contributed by atoms with Gasteiger partial charge in [-0.05, 0) is 56.9 Å². The van der Waals surface area contributed by atoms with Gasteiger partial charge in [0.15, 0.2) is 5.82 Å². The van der Waals surface area contributed by atoms with E-state index in [0.717, 1.165) is 33.8 Å². The maximum absolute atomic E-state index is 5.18. The topological polar surface area (TPSA) is 30.7 Å². The Hall–Kier alpha value is -7.36. The Labute approximate surface area is 318 Å². The highest BCUT2D eigenvalue weighted by Crippen LogP contribution is 2.44. The van der Waals surface area contributed by atoms with Crippen LogP contribution in [0.25, 0.3) is 105 Å². The fourth-order valence-electron chi connectivity index (χ4n) is 8.41. The fraction of sp³-hybridized carbons (Fsp3) is 0. The van der Waals surface area contributed by atoms with E-state index in [9.17, 15) is 0 Å². The molecule has 55 heavy (non-hydrogen) atoms. The Bertz CT molecular complexity index is 3220. The number of fused-ring (bicyclic) bond motifs is 10. The van der Waals surface area contributed by atoms with Gasteiger partial charge in [0.25, 0.3) is 0 Å². The quantitative estimate of drug-likeness (QED) is 0.167. The second kappa shape index (κ2) is 12.6. The summed E-state index contributed by atoms with van der Waals surface area (Å²) in [4.78, 5) is 10.3. The van der Waals surface area contributed by atoms with Crippen molar-refractivity contribution < 1.29 is 0 Å². The molecule has 0 saturated carbocycles. The number of aromatic nitrogens is 3. The number of nitrogens with zero attached hydrogens (tertiary/aromatic N) is 3. The highest BCUT2D eigenvalue weighted by Gasteiger charge is 2.20. The van der Waals surface area contributed by atoms with Crippen molar-refractivity contribution in [3.8, 4) is 50.7 Å². The number of benzene rings is 9. The van der Waals surface area contributed by atoms with Crippen molar-refractivity contribution in [2.75, 3.05) is 0 Å². The molecule has 0 aliphatic rings. The molecular formula is C52H33N3. The Kier molecular flexibility index (Phi) is 7.17. The summed E-state index contributed by atoms with van der Waals surface area (Å²) in [5.41, 5.74) is 10.7. The minimum atomic E-state index is 0.702. The fourth-order valence-corrected chi connectivity index (χ4v) is 8.41. The molecule has 0 spiro atoms. The van der Waals surface area contributed by atoms with Crippen LogP contribution in [0, 0.1) is 0 Å². The molecular weight excluding hydrogens is 667 g/mol. The van der Waals surface area contributed by atoms with E-state index in [1.807, 2.05) is 12.1 Å². The zero-order valence-corrected chi connectivity index (χ0v) is 29.9. The average Bonchev–Trinajstić information content (AvgIpc) is 3.62. The van der Waals surface area contributed by atoms with Gasteiger partial charge in [0.05, 0.1) is 22.4 Å². The molecule has 0 N–H and O–H groups in total. The highest BCUT2D eigenvalue weighted by molar-refractivity contribution is 6.36. The summed E-state index contributed by atoms with van der Waals surface area (Å²) in [6.45, 7) is 0. The molecule has 0 saturated heterocycles. The highest BCUT2D eigenvalue weighted by atomic mass is 15.0. The molecule has 0 radical (unpaired) electrons. The van der Waals surface area contributed by atoms with Crippen molar-refractivity contribution in [2.45, 2.75) is 0 Å². The van der Waals surface area contributed by atoms with Crippen molar-refractivity contribution >= 4 is 54.1 Å². The molecule has 0 aliphatic carbocycles. The molecule has 11 aromatic rings. The largest absolute Gasteiger partial charge is 0.309 e. The lowest BCUT2D eigenvalue weighted by Gasteiger charge is -2.14. The molecule has 2 heterocycles. The van der Waals surface area contributed by atoms with E-state index in [2.05, 4.69) is 193 Å². The summed E-state index contributed by atoms with van der Waals surface area (Å²) in [6.07, 6.45) is 0. The molecule has 3 nitrogen and oxygen atoms in total. The van der Waals surface area contributed by atoms with Crippen molar-refractivity contribution in [3.05, 3.63) is 200 Å². The first-order chi connectivity index (χ1) is 27.3. The third-order valence-corrected chi connectivity index (χ3v) is 11.0. The van der Waals surface area contributed by atoms with Crippen molar-refractivity contribution in [3.63, 3.8) is 0 Å². The molecule has 0 amide bonds. The van der Waals surface area contributed by atoms with E-state index < -0.39 is 0 Å². The lowest BCUT2D eigenvalue weighted by atomic mass is 9.93. The normalized spacial score (nSPS) is 11.6. The Morgan fingerprint density at radius 1 is 0.327 bits per heavy atom. The third kappa shape index (κ3) is 5.13. The molecule has 11 rings (SSSR count). The van der Waals surface area contributed by atoms with E-state index in [0.29, 0.717) is 5.82 Å². The summed E-state index contributed by atoms with van der Waals surface area (Å²) in [5, 5.41) is 10.1. The van der Waals surface area contributed by atoms with Gasteiger partial charge in [-0.25, -0.2) is 9.97 Å². The molecule has 256 valence electrons. The van der Waals surface area contributed by atoms with Crippen LogP contribution >= 0.6 is 0 Å². The average molecular weight is 700 g/mol. The lowest BCUT2D eigenvalue weighted by molar-refractivity contribution is 1.17. The van der Waals surface area contributed by atoms with Gasteiger partial charge >= 0.3 is 0 Å². The van der Waals surface area contributed by atoms with Crippen LogP contribution in [-0.4, -0.2) is 14.5 Å².